The van der Waals surface area contributed by atoms with Crippen LogP contribution in [0.4, 0.5) is 5.69 Å². The molecule has 0 amide bonds. The van der Waals surface area contributed by atoms with E-state index in [0.717, 1.165) is 0 Å². The van der Waals surface area contributed by atoms with Gasteiger partial charge < -0.3 is 10.5 Å². The molecule has 0 fully saturated rings. The lowest BCUT2D eigenvalue weighted by Gasteiger charge is -2.08. The molecule has 0 unspecified atom stereocenters. The topological polar surface area (TPSA) is 59.0 Å². The number of hydrogen-bond acceptors (Lipinski definition) is 4. The first-order chi connectivity index (χ1) is 8.19. The molecule has 2 aromatic carbocycles. The molecule has 0 aliphatic heterocycles. The fourth-order valence-corrected chi connectivity index (χ4v) is 1.65. The monoisotopic (exact) mass is 242 g/mol. The van der Waals surface area contributed by atoms with Gasteiger partial charge in [-0.15, -0.1) is 12.6 Å². The van der Waals surface area contributed by atoms with Gasteiger partial charge in [0.1, 0.15) is 11.5 Å². The molecule has 2 rings (SSSR count). The molecule has 0 saturated carbocycles. The molecular formula is C13H10N2OS. The zero-order chi connectivity index (χ0) is 12.3. The molecule has 0 spiro atoms. The predicted molar refractivity (Wildman–Crippen MR) is 69.3 cm³/mol. The molecule has 0 aromatic heterocycles. The summed E-state index contributed by atoms with van der Waals surface area (Å²) in [5.41, 5.74) is 6.81. The van der Waals surface area contributed by atoms with E-state index in [4.69, 9.17) is 15.7 Å². The Bertz CT molecular complexity index is 590. The predicted octanol–water partition coefficient (Wildman–Crippen LogP) is 3.22. The van der Waals surface area contributed by atoms with Crippen LogP contribution < -0.4 is 10.5 Å². The molecule has 0 radical (unpaired) electrons. The number of nitrogens with two attached hydrogens (primary N) is 1. The van der Waals surface area contributed by atoms with Crippen LogP contribution in [0.1, 0.15) is 5.56 Å². The minimum absolute atomic E-state index is 0.554. The van der Waals surface area contributed by atoms with Crippen LogP contribution in [0.15, 0.2) is 47.4 Å². The van der Waals surface area contributed by atoms with Crippen molar-refractivity contribution < 1.29 is 4.74 Å². The fourth-order valence-electron chi connectivity index (χ4n) is 1.38. The van der Waals surface area contributed by atoms with Gasteiger partial charge in [0.2, 0.25) is 0 Å². The van der Waals surface area contributed by atoms with E-state index in [1.54, 1.807) is 42.5 Å². The Morgan fingerprint density at radius 1 is 1.18 bits per heavy atom. The van der Waals surface area contributed by atoms with Gasteiger partial charge in [0.25, 0.3) is 0 Å². The zero-order valence-electron chi connectivity index (χ0n) is 8.92. The van der Waals surface area contributed by atoms with E-state index >= 15 is 0 Å². The number of ether oxygens (including phenoxy) is 1. The molecule has 0 heterocycles. The highest BCUT2D eigenvalue weighted by Gasteiger charge is 2.03. The smallest absolute Gasteiger partial charge is 0.140 e. The summed E-state index contributed by atoms with van der Waals surface area (Å²) >= 11 is 4.28. The summed E-state index contributed by atoms with van der Waals surface area (Å²) in [6.07, 6.45) is 0. The van der Waals surface area contributed by atoms with Crippen LogP contribution in [-0.4, -0.2) is 0 Å². The second kappa shape index (κ2) is 4.81. The second-order valence-electron chi connectivity index (χ2n) is 3.47. The third kappa shape index (κ3) is 2.71. The average molecular weight is 242 g/mol. The molecule has 2 aromatic rings. The van der Waals surface area contributed by atoms with Gasteiger partial charge in [-0.25, -0.2) is 0 Å². The van der Waals surface area contributed by atoms with Crippen molar-refractivity contribution in [2.24, 2.45) is 0 Å². The van der Waals surface area contributed by atoms with Crippen molar-refractivity contribution in [2.45, 2.75) is 4.90 Å². The molecule has 3 nitrogen and oxygen atoms in total. The van der Waals surface area contributed by atoms with Gasteiger partial charge in [0.15, 0.2) is 0 Å². The summed E-state index contributed by atoms with van der Waals surface area (Å²) < 4.78 is 5.62. The number of nitriles is 1. The van der Waals surface area contributed by atoms with Crippen molar-refractivity contribution in [3.8, 4) is 17.6 Å². The summed E-state index contributed by atoms with van der Waals surface area (Å²) in [5, 5.41) is 8.78. The summed E-state index contributed by atoms with van der Waals surface area (Å²) in [6, 6.07) is 14.2. The van der Waals surface area contributed by atoms with Crippen LogP contribution in [0.3, 0.4) is 0 Å². The Labute approximate surface area is 105 Å². The molecule has 17 heavy (non-hydrogen) atoms. The van der Waals surface area contributed by atoms with Crippen molar-refractivity contribution in [1.29, 1.82) is 5.26 Å². The molecule has 0 aliphatic rings. The minimum Gasteiger partial charge on any atom is -0.456 e. The molecule has 0 atom stereocenters. The fraction of sp³-hybridized carbons (Fsp3) is 0. The normalized spacial score (nSPS) is 9.65. The number of thiol groups is 1. The number of nitrogens with zero attached hydrogens (tertiary/aromatic N) is 1. The highest BCUT2D eigenvalue weighted by molar-refractivity contribution is 7.80. The van der Waals surface area contributed by atoms with Gasteiger partial charge >= 0.3 is 0 Å². The number of hydrogen-bond donors (Lipinski definition) is 2. The van der Waals surface area contributed by atoms with E-state index in [0.29, 0.717) is 27.6 Å². The van der Waals surface area contributed by atoms with Crippen molar-refractivity contribution in [3.63, 3.8) is 0 Å². The Morgan fingerprint density at radius 3 is 2.71 bits per heavy atom. The minimum atomic E-state index is 0.554. The van der Waals surface area contributed by atoms with Crippen molar-refractivity contribution in [2.75, 3.05) is 5.73 Å². The summed E-state index contributed by atoms with van der Waals surface area (Å²) in [4.78, 5) is 0.660. The molecule has 4 heteroatoms. The second-order valence-corrected chi connectivity index (χ2v) is 3.95. The van der Waals surface area contributed by atoms with Crippen LogP contribution in [0.2, 0.25) is 0 Å². The average Bonchev–Trinajstić information content (AvgIpc) is 2.33. The maximum atomic E-state index is 8.78. The Kier molecular flexibility index (Phi) is 3.22. The van der Waals surface area contributed by atoms with Crippen LogP contribution in [0, 0.1) is 11.3 Å². The molecular weight excluding hydrogens is 232 g/mol. The summed E-state index contributed by atoms with van der Waals surface area (Å²) in [7, 11) is 0. The van der Waals surface area contributed by atoms with Gasteiger partial charge in [-0.05, 0) is 36.4 Å². The number of rotatable bonds is 2. The van der Waals surface area contributed by atoms with E-state index in [2.05, 4.69) is 18.7 Å². The van der Waals surface area contributed by atoms with Crippen molar-refractivity contribution in [1.82, 2.24) is 0 Å². The SMILES string of the molecule is N#Cc1cccc(Oc2ccc(N)cc2S)c1. The Balaban J connectivity index is 2.28. The first-order valence-electron chi connectivity index (χ1n) is 4.95. The molecule has 84 valence electrons. The first kappa shape index (κ1) is 11.4. The maximum absolute atomic E-state index is 8.78. The van der Waals surface area contributed by atoms with Gasteiger partial charge in [-0.2, -0.15) is 5.26 Å². The van der Waals surface area contributed by atoms with Gasteiger partial charge in [0, 0.05) is 10.6 Å². The van der Waals surface area contributed by atoms with Gasteiger partial charge in [0.05, 0.1) is 11.6 Å². The highest BCUT2D eigenvalue weighted by Crippen LogP contribution is 2.29. The quantitative estimate of drug-likeness (QED) is 0.628. The van der Waals surface area contributed by atoms with Crippen LogP contribution in [0.5, 0.6) is 11.5 Å². The Morgan fingerprint density at radius 2 is 2.00 bits per heavy atom. The van der Waals surface area contributed by atoms with Gasteiger partial charge in [-0.1, -0.05) is 6.07 Å². The molecule has 2 N–H and O–H groups in total. The van der Waals surface area contributed by atoms with E-state index in [-0.39, 0.29) is 0 Å². The van der Waals surface area contributed by atoms with E-state index in [1.807, 2.05) is 0 Å². The van der Waals surface area contributed by atoms with E-state index in [1.165, 1.54) is 0 Å². The zero-order valence-corrected chi connectivity index (χ0v) is 9.82. The number of nitrogen functional groups attached to an aromatic ring is 1. The lowest BCUT2D eigenvalue weighted by atomic mass is 10.2. The molecule has 0 aliphatic carbocycles. The standard InChI is InChI=1S/C13H10N2OS/c14-8-9-2-1-3-11(6-9)16-12-5-4-10(15)7-13(12)17/h1-7,17H,15H2. The van der Waals surface area contributed by atoms with E-state index in [9.17, 15) is 0 Å². The van der Waals surface area contributed by atoms with Crippen LogP contribution in [0.25, 0.3) is 0 Å². The third-order valence-electron chi connectivity index (χ3n) is 2.17. The third-order valence-corrected chi connectivity index (χ3v) is 2.52. The number of anilines is 1. The molecule has 0 bridgehead atoms. The summed E-state index contributed by atoms with van der Waals surface area (Å²) in [6.45, 7) is 0. The molecule has 0 saturated heterocycles. The lowest BCUT2D eigenvalue weighted by Crippen LogP contribution is -1.89. The van der Waals surface area contributed by atoms with Crippen molar-refractivity contribution >= 4 is 18.3 Å². The van der Waals surface area contributed by atoms with Crippen molar-refractivity contribution in [3.05, 3.63) is 48.0 Å². The van der Waals surface area contributed by atoms with Crippen LogP contribution in [-0.2, 0) is 0 Å². The Hall–Kier alpha value is -2.12. The first-order valence-corrected chi connectivity index (χ1v) is 5.40. The van der Waals surface area contributed by atoms with Crippen LogP contribution >= 0.6 is 12.6 Å². The maximum Gasteiger partial charge on any atom is 0.140 e. The largest absolute Gasteiger partial charge is 0.456 e. The van der Waals surface area contributed by atoms with Gasteiger partial charge in [-0.3, -0.25) is 0 Å². The number of benzene rings is 2. The van der Waals surface area contributed by atoms with E-state index < -0.39 is 0 Å². The highest BCUT2D eigenvalue weighted by atomic mass is 32.1. The summed E-state index contributed by atoms with van der Waals surface area (Å²) in [5.74, 6) is 1.21. The lowest BCUT2D eigenvalue weighted by molar-refractivity contribution is 0.471.